The number of thiocarbonyl (C=S) groups is 1. The van der Waals surface area contributed by atoms with Crippen LogP contribution in [-0.2, 0) is 11.2 Å². The SMILES string of the molecule is CCc1cccc(C)c1NC(=S)NC(=O)/C=C/c1ccc(-c2cc(Cl)cc(Cl)c2)o1. The summed E-state index contributed by atoms with van der Waals surface area (Å²) in [6.07, 6.45) is 3.79. The van der Waals surface area contributed by atoms with E-state index in [2.05, 4.69) is 17.6 Å². The van der Waals surface area contributed by atoms with Crippen LogP contribution in [0.4, 0.5) is 5.69 Å². The quantitative estimate of drug-likeness (QED) is 0.331. The Morgan fingerprint density at radius 2 is 1.87 bits per heavy atom. The molecule has 30 heavy (non-hydrogen) atoms. The van der Waals surface area contributed by atoms with Gasteiger partial charge in [-0.1, -0.05) is 48.3 Å². The lowest BCUT2D eigenvalue weighted by atomic mass is 10.1. The summed E-state index contributed by atoms with van der Waals surface area (Å²) in [6, 6.07) is 14.7. The van der Waals surface area contributed by atoms with E-state index in [0.29, 0.717) is 21.6 Å². The van der Waals surface area contributed by atoms with Gasteiger partial charge in [0.2, 0.25) is 5.91 Å². The largest absolute Gasteiger partial charge is 0.457 e. The van der Waals surface area contributed by atoms with E-state index in [1.807, 2.05) is 25.1 Å². The first-order valence-electron chi connectivity index (χ1n) is 9.30. The first-order valence-corrected chi connectivity index (χ1v) is 10.5. The molecule has 1 aromatic heterocycles. The highest BCUT2D eigenvalue weighted by Gasteiger charge is 2.09. The van der Waals surface area contributed by atoms with Crippen LogP contribution in [-0.4, -0.2) is 11.0 Å². The van der Waals surface area contributed by atoms with Crippen LogP contribution in [0.5, 0.6) is 0 Å². The Bertz CT molecular complexity index is 1100. The third-order valence-electron chi connectivity index (χ3n) is 4.39. The Morgan fingerprint density at radius 3 is 2.57 bits per heavy atom. The molecule has 7 heteroatoms. The number of carbonyl (C=O) groups is 1. The topological polar surface area (TPSA) is 54.3 Å². The number of anilines is 1. The van der Waals surface area contributed by atoms with Crippen molar-refractivity contribution in [1.29, 1.82) is 0 Å². The van der Waals surface area contributed by atoms with Gasteiger partial charge in [-0.2, -0.15) is 0 Å². The second-order valence-electron chi connectivity index (χ2n) is 6.60. The molecule has 0 saturated carbocycles. The highest BCUT2D eigenvalue weighted by molar-refractivity contribution is 7.80. The molecule has 1 amide bonds. The van der Waals surface area contributed by atoms with Crippen molar-refractivity contribution in [2.24, 2.45) is 0 Å². The lowest BCUT2D eigenvalue weighted by Gasteiger charge is -2.14. The van der Waals surface area contributed by atoms with Crippen molar-refractivity contribution in [2.45, 2.75) is 20.3 Å². The van der Waals surface area contributed by atoms with Gasteiger partial charge < -0.3 is 9.73 Å². The van der Waals surface area contributed by atoms with Gasteiger partial charge in [0.1, 0.15) is 11.5 Å². The van der Waals surface area contributed by atoms with Crippen LogP contribution in [0.15, 0.2) is 59.0 Å². The van der Waals surface area contributed by atoms with Crippen LogP contribution >= 0.6 is 35.4 Å². The van der Waals surface area contributed by atoms with Gasteiger partial charge in [-0.15, -0.1) is 0 Å². The zero-order valence-corrected chi connectivity index (χ0v) is 18.8. The second kappa shape index (κ2) is 9.94. The summed E-state index contributed by atoms with van der Waals surface area (Å²) in [7, 11) is 0. The molecule has 3 rings (SSSR count). The Kier molecular flexibility index (Phi) is 7.32. The third-order valence-corrected chi connectivity index (χ3v) is 5.03. The molecule has 0 aliphatic heterocycles. The van der Waals surface area contributed by atoms with Crippen molar-refractivity contribution in [3.63, 3.8) is 0 Å². The number of halogens is 2. The number of aryl methyl sites for hydroxylation is 2. The maximum absolute atomic E-state index is 12.2. The number of hydrogen-bond acceptors (Lipinski definition) is 3. The van der Waals surface area contributed by atoms with Gasteiger partial charge in [0.25, 0.3) is 0 Å². The molecule has 0 atom stereocenters. The zero-order chi connectivity index (χ0) is 21.7. The van der Waals surface area contributed by atoms with Gasteiger partial charge in [-0.3, -0.25) is 10.1 Å². The molecule has 0 saturated heterocycles. The number of hydrogen-bond donors (Lipinski definition) is 2. The van der Waals surface area contributed by atoms with Gasteiger partial charge in [0.05, 0.1) is 0 Å². The minimum Gasteiger partial charge on any atom is -0.457 e. The second-order valence-corrected chi connectivity index (χ2v) is 7.88. The normalized spacial score (nSPS) is 10.9. The molecule has 1 heterocycles. The molecule has 2 aromatic carbocycles. The van der Waals surface area contributed by atoms with Crippen molar-refractivity contribution in [1.82, 2.24) is 5.32 Å². The predicted molar refractivity (Wildman–Crippen MR) is 128 cm³/mol. The maximum atomic E-state index is 12.2. The summed E-state index contributed by atoms with van der Waals surface area (Å²) in [4.78, 5) is 12.2. The number of carbonyl (C=O) groups excluding carboxylic acids is 1. The third kappa shape index (κ3) is 5.72. The van der Waals surface area contributed by atoms with E-state index in [4.69, 9.17) is 39.8 Å². The summed E-state index contributed by atoms with van der Waals surface area (Å²) in [5.74, 6) is 0.758. The monoisotopic (exact) mass is 458 g/mol. The number of benzene rings is 2. The lowest BCUT2D eigenvalue weighted by Crippen LogP contribution is -2.33. The maximum Gasteiger partial charge on any atom is 0.250 e. The Morgan fingerprint density at radius 1 is 1.13 bits per heavy atom. The summed E-state index contributed by atoms with van der Waals surface area (Å²) >= 11 is 17.3. The number of furan rings is 1. The van der Waals surface area contributed by atoms with Gasteiger partial charge in [0.15, 0.2) is 5.11 Å². The Hall–Kier alpha value is -2.60. The number of rotatable bonds is 5. The predicted octanol–water partition coefficient (Wildman–Crippen LogP) is 6.65. The Labute approximate surface area is 190 Å². The van der Waals surface area contributed by atoms with Crippen molar-refractivity contribution in [3.05, 3.63) is 81.5 Å². The standard InChI is InChI=1S/C23H20Cl2N2O2S/c1-3-15-6-4-5-14(2)22(15)27-23(30)26-21(28)10-8-19-7-9-20(29-19)16-11-17(24)13-18(25)12-16/h4-13H,3H2,1-2H3,(H2,26,27,28,30)/b10-8+. The molecule has 154 valence electrons. The van der Waals surface area contributed by atoms with Crippen molar-refractivity contribution < 1.29 is 9.21 Å². The highest BCUT2D eigenvalue weighted by Crippen LogP contribution is 2.29. The lowest BCUT2D eigenvalue weighted by molar-refractivity contribution is -0.115. The zero-order valence-electron chi connectivity index (χ0n) is 16.5. The van der Waals surface area contributed by atoms with E-state index < -0.39 is 0 Å². The average molecular weight is 459 g/mol. The van der Waals surface area contributed by atoms with Crippen LogP contribution in [0.2, 0.25) is 10.0 Å². The molecule has 0 radical (unpaired) electrons. The van der Waals surface area contributed by atoms with Crippen molar-refractivity contribution in [3.8, 4) is 11.3 Å². The minimum atomic E-state index is -0.358. The van der Waals surface area contributed by atoms with E-state index in [9.17, 15) is 4.79 Å². The summed E-state index contributed by atoms with van der Waals surface area (Å²) < 4.78 is 5.74. The smallest absolute Gasteiger partial charge is 0.250 e. The van der Waals surface area contributed by atoms with E-state index in [-0.39, 0.29) is 11.0 Å². The van der Waals surface area contributed by atoms with Crippen LogP contribution in [0.25, 0.3) is 17.4 Å². The first-order chi connectivity index (χ1) is 14.4. The number of para-hydroxylation sites is 1. The molecular weight excluding hydrogens is 439 g/mol. The molecule has 3 aromatic rings. The molecule has 0 unspecified atom stereocenters. The molecule has 4 nitrogen and oxygen atoms in total. The number of amides is 1. The van der Waals surface area contributed by atoms with E-state index >= 15 is 0 Å². The fourth-order valence-electron chi connectivity index (χ4n) is 2.95. The highest BCUT2D eigenvalue weighted by atomic mass is 35.5. The van der Waals surface area contributed by atoms with Gasteiger partial charge in [0, 0.05) is 27.4 Å². The molecule has 0 aliphatic rings. The van der Waals surface area contributed by atoms with Gasteiger partial charge in [-0.25, -0.2) is 0 Å². The fourth-order valence-corrected chi connectivity index (χ4v) is 3.68. The molecule has 2 N–H and O–H groups in total. The van der Waals surface area contributed by atoms with Crippen LogP contribution in [0, 0.1) is 6.92 Å². The van der Waals surface area contributed by atoms with Crippen molar-refractivity contribution >= 4 is 58.2 Å². The summed E-state index contributed by atoms with van der Waals surface area (Å²) in [6.45, 7) is 4.06. The molecule has 0 fully saturated rings. The van der Waals surface area contributed by atoms with Crippen LogP contribution in [0.3, 0.4) is 0 Å². The van der Waals surface area contributed by atoms with Crippen LogP contribution < -0.4 is 10.6 Å². The minimum absolute atomic E-state index is 0.238. The Balaban J connectivity index is 1.63. The van der Waals surface area contributed by atoms with Crippen LogP contribution in [0.1, 0.15) is 23.8 Å². The van der Waals surface area contributed by atoms with Crippen molar-refractivity contribution in [2.75, 3.05) is 5.32 Å². The fraction of sp³-hybridized carbons (Fsp3) is 0.130. The molecule has 0 aliphatic carbocycles. The summed E-state index contributed by atoms with van der Waals surface area (Å²) in [5, 5.41) is 7.04. The first kappa shape index (κ1) is 22.1. The van der Waals surface area contributed by atoms with E-state index in [1.165, 1.54) is 6.08 Å². The number of nitrogens with one attached hydrogen (secondary N) is 2. The molecular formula is C23H20Cl2N2O2S. The molecule has 0 spiro atoms. The van der Waals surface area contributed by atoms with E-state index in [1.54, 1.807) is 36.4 Å². The van der Waals surface area contributed by atoms with Gasteiger partial charge >= 0.3 is 0 Å². The summed E-state index contributed by atoms with van der Waals surface area (Å²) in [5.41, 5.74) is 3.87. The van der Waals surface area contributed by atoms with Gasteiger partial charge in [-0.05, 0) is 73.1 Å². The van der Waals surface area contributed by atoms with E-state index in [0.717, 1.165) is 28.8 Å². The molecule has 0 bridgehead atoms. The average Bonchev–Trinajstić information content (AvgIpc) is 3.16.